The smallest absolute Gasteiger partial charge is 0.123 e. The fourth-order valence-electron chi connectivity index (χ4n) is 5.56. The van der Waals surface area contributed by atoms with Gasteiger partial charge in [-0.2, -0.15) is 0 Å². The van der Waals surface area contributed by atoms with Gasteiger partial charge in [-0.15, -0.1) is 0 Å². The van der Waals surface area contributed by atoms with E-state index in [9.17, 15) is 4.39 Å². The SMILES string of the molecule is Fc1ccc(C2CCOCC2)c(C2CCN([C@@H]3COC4(CNC4)C3)CC2)c1. The Bertz CT molecular complexity index is 664. The highest BCUT2D eigenvalue weighted by atomic mass is 19.1. The van der Waals surface area contributed by atoms with Gasteiger partial charge in [0.25, 0.3) is 0 Å². The third kappa shape index (κ3) is 3.55. The molecule has 1 aromatic rings. The van der Waals surface area contributed by atoms with Crippen molar-refractivity contribution in [1.82, 2.24) is 10.2 Å². The first-order valence-electron chi connectivity index (χ1n) is 10.7. The molecular formula is C22H31FN2O2. The van der Waals surface area contributed by atoms with Crippen LogP contribution in [-0.4, -0.2) is 62.5 Å². The Morgan fingerprint density at radius 3 is 2.41 bits per heavy atom. The molecule has 1 aromatic carbocycles. The molecule has 0 aliphatic carbocycles. The van der Waals surface area contributed by atoms with Crippen LogP contribution in [0.2, 0.25) is 0 Å². The van der Waals surface area contributed by atoms with E-state index in [-0.39, 0.29) is 11.4 Å². The Hall–Kier alpha value is -1.01. The first-order chi connectivity index (χ1) is 13.2. The van der Waals surface area contributed by atoms with Crippen LogP contribution in [0.15, 0.2) is 18.2 Å². The summed E-state index contributed by atoms with van der Waals surface area (Å²) >= 11 is 0. The normalized spacial score (nSPS) is 29.9. The van der Waals surface area contributed by atoms with Crippen molar-refractivity contribution in [3.63, 3.8) is 0 Å². The Labute approximate surface area is 161 Å². The maximum atomic E-state index is 14.1. The van der Waals surface area contributed by atoms with Crippen molar-refractivity contribution in [3.05, 3.63) is 35.1 Å². The van der Waals surface area contributed by atoms with Crippen LogP contribution in [0.25, 0.3) is 0 Å². The maximum absolute atomic E-state index is 14.1. The molecule has 5 heteroatoms. The monoisotopic (exact) mass is 374 g/mol. The number of likely N-dealkylation sites (tertiary alicyclic amines) is 1. The van der Waals surface area contributed by atoms with Crippen molar-refractivity contribution in [1.29, 1.82) is 0 Å². The quantitative estimate of drug-likeness (QED) is 0.882. The van der Waals surface area contributed by atoms with Gasteiger partial charge < -0.3 is 14.8 Å². The highest BCUT2D eigenvalue weighted by molar-refractivity contribution is 5.35. The molecule has 5 rings (SSSR count). The molecule has 0 bridgehead atoms. The van der Waals surface area contributed by atoms with Gasteiger partial charge in [0, 0.05) is 32.3 Å². The van der Waals surface area contributed by atoms with Crippen LogP contribution in [0.4, 0.5) is 4.39 Å². The van der Waals surface area contributed by atoms with Gasteiger partial charge in [0.2, 0.25) is 0 Å². The minimum absolute atomic E-state index is 0.0909. The number of halogens is 1. The lowest BCUT2D eigenvalue weighted by molar-refractivity contribution is -0.0367. The number of hydrogen-bond donors (Lipinski definition) is 1. The predicted molar refractivity (Wildman–Crippen MR) is 103 cm³/mol. The largest absolute Gasteiger partial charge is 0.381 e. The van der Waals surface area contributed by atoms with Gasteiger partial charge >= 0.3 is 0 Å². The summed E-state index contributed by atoms with van der Waals surface area (Å²) in [6.45, 7) is 6.77. The number of benzene rings is 1. The van der Waals surface area contributed by atoms with E-state index in [4.69, 9.17) is 9.47 Å². The van der Waals surface area contributed by atoms with Gasteiger partial charge in [0.1, 0.15) is 5.82 Å². The Balaban J connectivity index is 1.26. The van der Waals surface area contributed by atoms with E-state index in [1.54, 1.807) is 6.07 Å². The number of piperidine rings is 1. The fraction of sp³-hybridized carbons (Fsp3) is 0.727. The number of nitrogens with zero attached hydrogens (tertiary/aromatic N) is 1. The highest BCUT2D eigenvalue weighted by Gasteiger charge is 2.47. The van der Waals surface area contributed by atoms with Gasteiger partial charge in [-0.1, -0.05) is 6.07 Å². The molecule has 4 aliphatic heterocycles. The summed E-state index contributed by atoms with van der Waals surface area (Å²) in [5.74, 6) is 0.921. The molecule has 1 N–H and O–H groups in total. The van der Waals surface area contributed by atoms with E-state index in [2.05, 4.69) is 10.2 Å². The second-order valence-corrected chi connectivity index (χ2v) is 8.93. The zero-order valence-electron chi connectivity index (χ0n) is 16.1. The minimum atomic E-state index is -0.0909. The van der Waals surface area contributed by atoms with Crippen LogP contribution in [-0.2, 0) is 9.47 Å². The molecule has 0 amide bonds. The zero-order chi connectivity index (χ0) is 18.3. The first kappa shape index (κ1) is 18.0. The van der Waals surface area contributed by atoms with Gasteiger partial charge in [-0.05, 0) is 80.3 Å². The van der Waals surface area contributed by atoms with Gasteiger partial charge in [0.15, 0.2) is 0 Å². The van der Waals surface area contributed by atoms with Crippen LogP contribution in [0, 0.1) is 5.82 Å². The number of rotatable bonds is 3. The van der Waals surface area contributed by atoms with E-state index in [1.807, 2.05) is 12.1 Å². The minimum Gasteiger partial charge on any atom is -0.381 e. The summed E-state index contributed by atoms with van der Waals surface area (Å²) < 4.78 is 25.7. The second kappa shape index (κ2) is 7.43. The second-order valence-electron chi connectivity index (χ2n) is 8.93. The molecule has 1 atom stereocenters. The number of ether oxygens (including phenoxy) is 2. The van der Waals surface area contributed by atoms with Crippen molar-refractivity contribution < 1.29 is 13.9 Å². The number of nitrogens with one attached hydrogen (secondary N) is 1. The van der Waals surface area contributed by atoms with Crippen LogP contribution in [0.3, 0.4) is 0 Å². The molecule has 4 aliphatic rings. The van der Waals surface area contributed by atoms with Crippen LogP contribution < -0.4 is 5.32 Å². The summed E-state index contributed by atoms with van der Waals surface area (Å²) in [4.78, 5) is 2.62. The third-order valence-corrected chi connectivity index (χ3v) is 7.28. The molecule has 0 aromatic heterocycles. The molecule has 148 valence electrons. The zero-order valence-corrected chi connectivity index (χ0v) is 16.1. The van der Waals surface area contributed by atoms with Crippen molar-refractivity contribution in [2.24, 2.45) is 0 Å². The fourth-order valence-corrected chi connectivity index (χ4v) is 5.56. The molecule has 4 fully saturated rings. The third-order valence-electron chi connectivity index (χ3n) is 7.28. The topological polar surface area (TPSA) is 33.7 Å². The molecule has 4 heterocycles. The summed E-state index contributed by atoms with van der Waals surface area (Å²) in [5.41, 5.74) is 2.77. The van der Waals surface area contributed by atoms with Gasteiger partial charge in [-0.25, -0.2) is 4.39 Å². The highest BCUT2D eigenvalue weighted by Crippen LogP contribution is 2.39. The van der Waals surface area contributed by atoms with Gasteiger partial charge in [-0.3, -0.25) is 4.90 Å². The molecule has 0 unspecified atom stereocenters. The predicted octanol–water partition coefficient (Wildman–Crippen LogP) is 3.03. The average Bonchev–Trinajstić information content (AvgIpc) is 3.15. The lowest BCUT2D eigenvalue weighted by atomic mass is 9.80. The van der Waals surface area contributed by atoms with Crippen LogP contribution >= 0.6 is 0 Å². The van der Waals surface area contributed by atoms with E-state index < -0.39 is 0 Å². The summed E-state index contributed by atoms with van der Waals surface area (Å²) in [5, 5.41) is 3.35. The van der Waals surface area contributed by atoms with E-state index in [0.29, 0.717) is 17.9 Å². The van der Waals surface area contributed by atoms with E-state index >= 15 is 0 Å². The molecule has 4 nitrogen and oxygen atoms in total. The average molecular weight is 375 g/mol. The molecule has 1 spiro atoms. The summed E-state index contributed by atoms with van der Waals surface area (Å²) in [6, 6.07) is 6.07. The Kier molecular flexibility index (Phi) is 4.97. The Morgan fingerprint density at radius 1 is 1.00 bits per heavy atom. The number of hydrogen-bond acceptors (Lipinski definition) is 4. The lowest BCUT2D eigenvalue weighted by Gasteiger charge is -2.40. The van der Waals surface area contributed by atoms with Crippen molar-refractivity contribution >= 4 is 0 Å². The van der Waals surface area contributed by atoms with Crippen molar-refractivity contribution in [2.45, 2.75) is 55.6 Å². The van der Waals surface area contributed by atoms with Crippen LogP contribution in [0.1, 0.15) is 55.1 Å². The summed E-state index contributed by atoms with van der Waals surface area (Å²) in [6.07, 6.45) is 5.54. The lowest BCUT2D eigenvalue weighted by Crippen LogP contribution is -2.59. The molecular weight excluding hydrogens is 343 g/mol. The maximum Gasteiger partial charge on any atom is 0.123 e. The van der Waals surface area contributed by atoms with Crippen LogP contribution in [0.5, 0.6) is 0 Å². The standard InChI is InChI=1S/C22H31FN2O2/c23-18-1-2-20(17-5-9-26-10-6-17)21(11-18)16-3-7-25(8-4-16)19-12-22(27-13-19)14-24-15-22/h1-2,11,16-17,19,24H,3-10,12-15H2/t19-/m0/s1. The van der Waals surface area contributed by atoms with Crippen molar-refractivity contribution in [3.8, 4) is 0 Å². The Morgan fingerprint density at radius 2 is 1.74 bits per heavy atom. The van der Waals surface area contributed by atoms with E-state index in [1.165, 1.54) is 11.1 Å². The first-order valence-corrected chi connectivity index (χ1v) is 10.7. The molecule has 0 radical (unpaired) electrons. The van der Waals surface area contributed by atoms with Crippen molar-refractivity contribution in [2.75, 3.05) is 46.0 Å². The molecule has 0 saturated carbocycles. The molecule has 4 saturated heterocycles. The molecule has 27 heavy (non-hydrogen) atoms. The van der Waals surface area contributed by atoms with Gasteiger partial charge in [0.05, 0.1) is 12.2 Å². The summed E-state index contributed by atoms with van der Waals surface area (Å²) in [7, 11) is 0. The van der Waals surface area contributed by atoms with E-state index in [0.717, 1.165) is 78.1 Å².